The first kappa shape index (κ1) is 12.5. The molecule has 0 aliphatic carbocycles. The molecule has 6 heteroatoms. The molecular weight excluding hydrogens is 230 g/mol. The number of hydrogen-bond acceptors (Lipinski definition) is 4. The first-order chi connectivity index (χ1) is 8.63. The number of anilines is 1. The minimum atomic E-state index is -0.0901. The minimum absolute atomic E-state index is 0.0694. The fraction of sp³-hybridized carbons (Fsp3) is 0.500. The summed E-state index contributed by atoms with van der Waals surface area (Å²) in [6.45, 7) is 6.62. The summed E-state index contributed by atoms with van der Waals surface area (Å²) in [4.78, 5) is 24.2. The lowest BCUT2D eigenvalue weighted by atomic mass is 10.2. The van der Waals surface area contributed by atoms with Crippen LogP contribution in [-0.2, 0) is 11.3 Å². The molecule has 0 aliphatic rings. The molecule has 96 valence electrons. The molecule has 0 saturated carbocycles. The van der Waals surface area contributed by atoms with Crippen molar-refractivity contribution < 1.29 is 4.79 Å². The standard InChI is InChI=1S/C12H17N5O/c1-4-5-17-7-15-9-10(13-6-14-11(9)17)16-12(18)8(2)3/h6-8H,4-5H2,1-3H3,(H,13,14,16,18). The van der Waals surface area contributed by atoms with Crippen molar-refractivity contribution in [3.05, 3.63) is 12.7 Å². The number of amides is 1. The SMILES string of the molecule is CCCn1cnc2c(NC(=O)C(C)C)ncnc21. The van der Waals surface area contributed by atoms with Crippen molar-refractivity contribution in [1.29, 1.82) is 0 Å². The van der Waals surface area contributed by atoms with Gasteiger partial charge < -0.3 is 9.88 Å². The van der Waals surface area contributed by atoms with E-state index < -0.39 is 0 Å². The maximum absolute atomic E-state index is 11.7. The van der Waals surface area contributed by atoms with E-state index in [1.165, 1.54) is 6.33 Å². The first-order valence-corrected chi connectivity index (χ1v) is 6.10. The van der Waals surface area contributed by atoms with Crippen LogP contribution in [0.15, 0.2) is 12.7 Å². The summed E-state index contributed by atoms with van der Waals surface area (Å²) >= 11 is 0. The molecular formula is C12H17N5O. The van der Waals surface area contributed by atoms with Crippen LogP contribution in [0.3, 0.4) is 0 Å². The van der Waals surface area contributed by atoms with Gasteiger partial charge in [0.15, 0.2) is 17.0 Å². The summed E-state index contributed by atoms with van der Waals surface area (Å²) in [5, 5.41) is 2.77. The molecule has 2 rings (SSSR count). The maximum Gasteiger partial charge on any atom is 0.228 e. The zero-order chi connectivity index (χ0) is 13.1. The maximum atomic E-state index is 11.7. The molecule has 0 radical (unpaired) electrons. The minimum Gasteiger partial charge on any atom is -0.315 e. The number of aromatic nitrogens is 4. The van der Waals surface area contributed by atoms with Crippen molar-refractivity contribution in [3.63, 3.8) is 0 Å². The van der Waals surface area contributed by atoms with Crippen molar-refractivity contribution in [2.75, 3.05) is 5.32 Å². The number of fused-ring (bicyclic) bond motifs is 1. The van der Waals surface area contributed by atoms with Crippen molar-refractivity contribution in [2.24, 2.45) is 5.92 Å². The Morgan fingerprint density at radius 1 is 1.39 bits per heavy atom. The lowest BCUT2D eigenvalue weighted by molar-refractivity contribution is -0.118. The van der Waals surface area contributed by atoms with E-state index in [0.29, 0.717) is 11.3 Å². The lowest BCUT2D eigenvalue weighted by Gasteiger charge is -2.07. The highest BCUT2D eigenvalue weighted by Crippen LogP contribution is 2.18. The second-order valence-electron chi connectivity index (χ2n) is 4.48. The van der Waals surface area contributed by atoms with Gasteiger partial charge in [0.25, 0.3) is 0 Å². The number of aryl methyl sites for hydroxylation is 1. The number of nitrogens with one attached hydrogen (secondary N) is 1. The Balaban J connectivity index is 2.37. The van der Waals surface area contributed by atoms with E-state index in [1.807, 2.05) is 18.4 Å². The Kier molecular flexibility index (Phi) is 3.55. The lowest BCUT2D eigenvalue weighted by Crippen LogP contribution is -2.18. The molecule has 1 amide bonds. The fourth-order valence-electron chi connectivity index (χ4n) is 1.64. The first-order valence-electron chi connectivity index (χ1n) is 6.10. The molecule has 18 heavy (non-hydrogen) atoms. The van der Waals surface area contributed by atoms with Gasteiger partial charge in [-0.1, -0.05) is 20.8 Å². The van der Waals surface area contributed by atoms with Crippen LogP contribution in [0.5, 0.6) is 0 Å². The van der Waals surface area contributed by atoms with Crippen molar-refractivity contribution in [2.45, 2.75) is 33.7 Å². The van der Waals surface area contributed by atoms with Gasteiger partial charge in [-0.15, -0.1) is 0 Å². The van der Waals surface area contributed by atoms with Crippen LogP contribution in [0.2, 0.25) is 0 Å². The van der Waals surface area contributed by atoms with Gasteiger partial charge in [0.05, 0.1) is 6.33 Å². The zero-order valence-corrected chi connectivity index (χ0v) is 10.8. The van der Waals surface area contributed by atoms with Crippen molar-refractivity contribution in [1.82, 2.24) is 19.5 Å². The highest BCUT2D eigenvalue weighted by atomic mass is 16.1. The van der Waals surface area contributed by atoms with E-state index in [2.05, 4.69) is 27.2 Å². The molecule has 0 fully saturated rings. The average Bonchev–Trinajstić information content (AvgIpc) is 2.74. The molecule has 6 nitrogen and oxygen atoms in total. The quantitative estimate of drug-likeness (QED) is 0.894. The second kappa shape index (κ2) is 5.12. The third kappa shape index (κ3) is 2.32. The predicted octanol–water partition coefficient (Wildman–Crippen LogP) is 1.83. The second-order valence-corrected chi connectivity index (χ2v) is 4.48. The molecule has 0 saturated heterocycles. The predicted molar refractivity (Wildman–Crippen MR) is 69.1 cm³/mol. The summed E-state index contributed by atoms with van der Waals surface area (Å²) < 4.78 is 1.96. The summed E-state index contributed by atoms with van der Waals surface area (Å²) in [7, 11) is 0. The molecule has 0 aromatic carbocycles. The number of rotatable bonds is 4. The van der Waals surface area contributed by atoms with Gasteiger partial charge in [-0.2, -0.15) is 0 Å². The molecule has 0 aliphatic heterocycles. The Bertz CT molecular complexity index is 561. The van der Waals surface area contributed by atoms with E-state index in [9.17, 15) is 4.79 Å². The van der Waals surface area contributed by atoms with Gasteiger partial charge in [-0.25, -0.2) is 15.0 Å². The Hall–Kier alpha value is -1.98. The summed E-state index contributed by atoms with van der Waals surface area (Å²) in [5.74, 6) is 0.321. The monoisotopic (exact) mass is 247 g/mol. The van der Waals surface area contributed by atoms with E-state index in [-0.39, 0.29) is 11.8 Å². The Labute approximate surface area is 105 Å². The largest absolute Gasteiger partial charge is 0.315 e. The fourth-order valence-corrected chi connectivity index (χ4v) is 1.64. The highest BCUT2D eigenvalue weighted by Gasteiger charge is 2.13. The number of nitrogens with zero attached hydrogens (tertiary/aromatic N) is 4. The van der Waals surface area contributed by atoms with E-state index in [0.717, 1.165) is 18.6 Å². The molecule has 2 heterocycles. The van der Waals surface area contributed by atoms with E-state index in [4.69, 9.17) is 0 Å². The van der Waals surface area contributed by atoms with Gasteiger partial charge >= 0.3 is 0 Å². The van der Waals surface area contributed by atoms with E-state index >= 15 is 0 Å². The molecule has 1 N–H and O–H groups in total. The summed E-state index contributed by atoms with van der Waals surface area (Å²) in [6, 6.07) is 0. The third-order valence-corrected chi connectivity index (χ3v) is 2.63. The Morgan fingerprint density at radius 2 is 2.17 bits per heavy atom. The number of hydrogen-bond donors (Lipinski definition) is 1. The van der Waals surface area contributed by atoms with Crippen LogP contribution in [0.25, 0.3) is 11.2 Å². The van der Waals surface area contributed by atoms with Crippen LogP contribution in [0.4, 0.5) is 5.82 Å². The summed E-state index contributed by atoms with van der Waals surface area (Å²) in [6.07, 6.45) is 4.18. The zero-order valence-electron chi connectivity index (χ0n) is 10.8. The van der Waals surface area contributed by atoms with Crippen molar-refractivity contribution in [3.8, 4) is 0 Å². The normalized spacial score (nSPS) is 11.1. The van der Waals surface area contributed by atoms with Crippen molar-refractivity contribution >= 4 is 22.9 Å². The van der Waals surface area contributed by atoms with Crippen LogP contribution in [0.1, 0.15) is 27.2 Å². The van der Waals surface area contributed by atoms with Gasteiger partial charge in [-0.3, -0.25) is 4.79 Å². The average molecular weight is 247 g/mol. The number of imidazole rings is 1. The number of carbonyl (C=O) groups excluding carboxylic acids is 1. The van der Waals surface area contributed by atoms with Crippen LogP contribution in [-0.4, -0.2) is 25.4 Å². The van der Waals surface area contributed by atoms with Crippen LogP contribution in [0, 0.1) is 5.92 Å². The van der Waals surface area contributed by atoms with Gasteiger partial charge in [0.1, 0.15) is 6.33 Å². The van der Waals surface area contributed by atoms with Gasteiger partial charge in [0, 0.05) is 12.5 Å². The molecule has 2 aromatic rings. The third-order valence-electron chi connectivity index (χ3n) is 2.63. The molecule has 0 spiro atoms. The number of carbonyl (C=O) groups is 1. The van der Waals surface area contributed by atoms with Crippen LogP contribution >= 0.6 is 0 Å². The Morgan fingerprint density at radius 3 is 2.83 bits per heavy atom. The van der Waals surface area contributed by atoms with Crippen LogP contribution < -0.4 is 5.32 Å². The highest BCUT2D eigenvalue weighted by molar-refractivity contribution is 5.97. The summed E-state index contributed by atoms with van der Waals surface area (Å²) in [5.41, 5.74) is 1.39. The topological polar surface area (TPSA) is 72.7 Å². The molecule has 0 bridgehead atoms. The molecule has 0 unspecified atom stereocenters. The van der Waals surface area contributed by atoms with Gasteiger partial charge in [0.2, 0.25) is 5.91 Å². The smallest absolute Gasteiger partial charge is 0.228 e. The molecule has 2 aromatic heterocycles. The van der Waals surface area contributed by atoms with Gasteiger partial charge in [-0.05, 0) is 6.42 Å². The molecule has 0 atom stereocenters. The van der Waals surface area contributed by atoms with E-state index in [1.54, 1.807) is 6.33 Å².